The van der Waals surface area contributed by atoms with Crippen LogP contribution >= 0.6 is 0 Å². The lowest BCUT2D eigenvalue weighted by Gasteiger charge is -2.09. The van der Waals surface area contributed by atoms with E-state index in [1.807, 2.05) is 0 Å². The Morgan fingerprint density at radius 3 is 2.48 bits per heavy atom. The maximum Gasteiger partial charge on any atom is 0.257 e. The van der Waals surface area contributed by atoms with Crippen LogP contribution < -0.4 is 16.4 Å². The molecule has 0 saturated heterocycles. The molecule has 0 aliphatic rings. The number of aromatic nitrogens is 1. The Balaban J connectivity index is 2.19. The third-order valence-corrected chi connectivity index (χ3v) is 2.79. The van der Waals surface area contributed by atoms with Crippen LogP contribution in [0.15, 0.2) is 36.5 Å². The number of hydrogen-bond donors (Lipinski definition) is 3. The third-order valence-electron chi connectivity index (χ3n) is 2.79. The second kappa shape index (κ2) is 6.04. The minimum Gasteiger partial charge on any atom is -0.397 e. The van der Waals surface area contributed by atoms with Gasteiger partial charge in [0.05, 0.1) is 23.1 Å². The summed E-state index contributed by atoms with van der Waals surface area (Å²) in [6.45, 7) is 3.16. The summed E-state index contributed by atoms with van der Waals surface area (Å²) in [7, 11) is 0. The van der Waals surface area contributed by atoms with Crippen molar-refractivity contribution in [3.63, 3.8) is 0 Å². The van der Waals surface area contributed by atoms with Gasteiger partial charge in [0.1, 0.15) is 0 Å². The Bertz CT molecular complexity index is 698. The molecule has 0 aliphatic heterocycles. The minimum atomic E-state index is -0.299. The molecule has 0 saturated carbocycles. The number of rotatable bonds is 3. The van der Waals surface area contributed by atoms with Gasteiger partial charge in [-0.1, -0.05) is 6.07 Å². The fourth-order valence-electron chi connectivity index (χ4n) is 1.86. The number of nitrogens with one attached hydrogen (secondary N) is 2. The molecule has 6 heteroatoms. The highest BCUT2D eigenvalue weighted by molar-refractivity contribution is 6.05. The molecule has 1 aromatic carbocycles. The zero-order valence-electron chi connectivity index (χ0n) is 11.8. The molecule has 0 fully saturated rings. The van der Waals surface area contributed by atoms with Crippen LogP contribution in [0.3, 0.4) is 0 Å². The molecule has 2 aromatic rings. The maximum atomic E-state index is 12.2. The molecule has 6 nitrogen and oxygen atoms in total. The molecule has 2 amide bonds. The normalized spacial score (nSPS) is 10.0. The molecule has 108 valence electrons. The molecule has 2 rings (SSSR count). The zero-order valence-corrected chi connectivity index (χ0v) is 11.8. The van der Waals surface area contributed by atoms with Crippen molar-refractivity contribution >= 4 is 28.9 Å². The second-order valence-corrected chi connectivity index (χ2v) is 4.62. The Labute approximate surface area is 122 Å². The average molecular weight is 284 g/mol. The van der Waals surface area contributed by atoms with E-state index >= 15 is 0 Å². The molecule has 4 N–H and O–H groups in total. The summed E-state index contributed by atoms with van der Waals surface area (Å²) in [5.74, 6) is -0.471. The lowest BCUT2D eigenvalue weighted by atomic mass is 10.1. The van der Waals surface area contributed by atoms with Gasteiger partial charge in [-0.05, 0) is 31.2 Å². The van der Waals surface area contributed by atoms with Gasteiger partial charge < -0.3 is 16.4 Å². The van der Waals surface area contributed by atoms with Crippen molar-refractivity contribution in [3.05, 3.63) is 47.8 Å². The van der Waals surface area contributed by atoms with Crippen LogP contribution in [0.4, 0.5) is 17.1 Å². The van der Waals surface area contributed by atoms with E-state index in [0.29, 0.717) is 28.3 Å². The lowest BCUT2D eigenvalue weighted by molar-refractivity contribution is -0.114. The predicted molar refractivity (Wildman–Crippen MR) is 82.1 cm³/mol. The van der Waals surface area contributed by atoms with Gasteiger partial charge in [0.2, 0.25) is 5.91 Å². The smallest absolute Gasteiger partial charge is 0.257 e. The topological polar surface area (TPSA) is 97.1 Å². The molecule has 0 radical (unpaired) electrons. The number of nitrogens with two attached hydrogens (primary N) is 1. The summed E-state index contributed by atoms with van der Waals surface area (Å²) >= 11 is 0. The molecule has 0 aliphatic carbocycles. The van der Waals surface area contributed by atoms with Gasteiger partial charge in [-0.2, -0.15) is 0 Å². The van der Waals surface area contributed by atoms with Crippen LogP contribution in [-0.4, -0.2) is 16.8 Å². The van der Waals surface area contributed by atoms with Gasteiger partial charge in [0, 0.05) is 18.3 Å². The average Bonchev–Trinajstić information content (AvgIpc) is 2.41. The van der Waals surface area contributed by atoms with Crippen LogP contribution in [0.25, 0.3) is 0 Å². The molecule has 1 aromatic heterocycles. The van der Waals surface area contributed by atoms with E-state index in [-0.39, 0.29) is 11.8 Å². The molecular weight excluding hydrogens is 268 g/mol. The van der Waals surface area contributed by atoms with E-state index in [2.05, 4.69) is 15.6 Å². The fourth-order valence-corrected chi connectivity index (χ4v) is 1.86. The van der Waals surface area contributed by atoms with E-state index in [1.165, 1.54) is 13.1 Å². The van der Waals surface area contributed by atoms with Gasteiger partial charge in [-0.3, -0.25) is 14.6 Å². The lowest BCUT2D eigenvalue weighted by Crippen LogP contribution is -2.15. The number of hydrogen-bond acceptors (Lipinski definition) is 4. The van der Waals surface area contributed by atoms with Gasteiger partial charge in [-0.25, -0.2) is 0 Å². The van der Waals surface area contributed by atoms with Gasteiger partial charge in [0.15, 0.2) is 0 Å². The van der Waals surface area contributed by atoms with Crippen LogP contribution in [0.1, 0.15) is 23.0 Å². The molecular formula is C15H16N4O2. The first kappa shape index (κ1) is 14.5. The number of amides is 2. The van der Waals surface area contributed by atoms with Crippen molar-refractivity contribution in [2.45, 2.75) is 13.8 Å². The Hall–Kier alpha value is -2.89. The van der Waals surface area contributed by atoms with E-state index < -0.39 is 0 Å². The van der Waals surface area contributed by atoms with Gasteiger partial charge >= 0.3 is 0 Å². The maximum absolute atomic E-state index is 12.2. The standard InChI is InChI=1S/C15H16N4O2/c1-9-14(6-11(16)8-17-9)15(21)19-13-5-3-4-12(7-13)18-10(2)20/h3-8H,16H2,1-2H3,(H,18,20)(H,19,21). The zero-order chi connectivity index (χ0) is 15.4. The number of aryl methyl sites for hydroxylation is 1. The van der Waals surface area contributed by atoms with E-state index in [9.17, 15) is 9.59 Å². The summed E-state index contributed by atoms with van der Waals surface area (Å²) < 4.78 is 0. The van der Waals surface area contributed by atoms with Crippen molar-refractivity contribution in [3.8, 4) is 0 Å². The van der Waals surface area contributed by atoms with Crippen molar-refractivity contribution in [2.75, 3.05) is 16.4 Å². The molecule has 1 heterocycles. The summed E-state index contributed by atoms with van der Waals surface area (Å²) in [6, 6.07) is 8.47. The number of carbonyl (C=O) groups is 2. The molecule has 0 atom stereocenters. The third kappa shape index (κ3) is 3.79. The van der Waals surface area contributed by atoms with Crippen molar-refractivity contribution < 1.29 is 9.59 Å². The first-order valence-electron chi connectivity index (χ1n) is 6.37. The van der Waals surface area contributed by atoms with Crippen LogP contribution in [0, 0.1) is 6.92 Å². The minimum absolute atomic E-state index is 0.172. The Kier molecular flexibility index (Phi) is 4.18. The van der Waals surface area contributed by atoms with Crippen molar-refractivity contribution in [2.24, 2.45) is 0 Å². The molecule has 0 spiro atoms. The number of pyridine rings is 1. The Morgan fingerprint density at radius 1 is 1.14 bits per heavy atom. The van der Waals surface area contributed by atoms with E-state index in [0.717, 1.165) is 0 Å². The van der Waals surface area contributed by atoms with Crippen LogP contribution in [-0.2, 0) is 4.79 Å². The number of benzene rings is 1. The first-order chi connectivity index (χ1) is 9.95. The summed E-state index contributed by atoms with van der Waals surface area (Å²) in [6.07, 6.45) is 1.50. The van der Waals surface area contributed by atoms with Gasteiger partial charge in [-0.15, -0.1) is 0 Å². The highest BCUT2D eigenvalue weighted by Gasteiger charge is 2.11. The molecule has 21 heavy (non-hydrogen) atoms. The number of carbonyl (C=O) groups excluding carboxylic acids is 2. The molecule has 0 unspecified atom stereocenters. The fraction of sp³-hybridized carbons (Fsp3) is 0.133. The predicted octanol–water partition coefficient (Wildman–Crippen LogP) is 2.18. The monoisotopic (exact) mass is 284 g/mol. The first-order valence-corrected chi connectivity index (χ1v) is 6.37. The number of nitrogens with zero attached hydrogens (tertiary/aromatic N) is 1. The van der Waals surface area contributed by atoms with Crippen LogP contribution in [0.5, 0.6) is 0 Å². The highest BCUT2D eigenvalue weighted by Crippen LogP contribution is 2.17. The summed E-state index contributed by atoms with van der Waals surface area (Å²) in [5.41, 5.74) is 8.28. The van der Waals surface area contributed by atoms with Crippen molar-refractivity contribution in [1.29, 1.82) is 0 Å². The second-order valence-electron chi connectivity index (χ2n) is 4.62. The van der Waals surface area contributed by atoms with E-state index in [4.69, 9.17) is 5.73 Å². The largest absolute Gasteiger partial charge is 0.397 e. The summed E-state index contributed by atoms with van der Waals surface area (Å²) in [4.78, 5) is 27.3. The number of anilines is 3. The SMILES string of the molecule is CC(=O)Nc1cccc(NC(=O)c2cc(N)cnc2C)c1. The Morgan fingerprint density at radius 2 is 1.81 bits per heavy atom. The van der Waals surface area contributed by atoms with Gasteiger partial charge in [0.25, 0.3) is 5.91 Å². The van der Waals surface area contributed by atoms with Crippen molar-refractivity contribution in [1.82, 2.24) is 4.98 Å². The quantitative estimate of drug-likeness (QED) is 0.804. The molecule has 0 bridgehead atoms. The van der Waals surface area contributed by atoms with E-state index in [1.54, 1.807) is 37.3 Å². The van der Waals surface area contributed by atoms with Crippen LogP contribution in [0.2, 0.25) is 0 Å². The summed E-state index contributed by atoms with van der Waals surface area (Å²) in [5, 5.41) is 5.41. The number of nitrogen functional groups attached to an aromatic ring is 1. The highest BCUT2D eigenvalue weighted by atomic mass is 16.2.